The van der Waals surface area contributed by atoms with E-state index in [1.54, 1.807) is 6.20 Å². The number of nitrogens with two attached hydrogens (primary N) is 1. The highest BCUT2D eigenvalue weighted by Crippen LogP contribution is 2.17. The van der Waals surface area contributed by atoms with E-state index >= 15 is 0 Å². The zero-order chi connectivity index (χ0) is 13.7. The quantitative estimate of drug-likeness (QED) is 0.849. The fraction of sp³-hybridized carbons (Fsp3) is 0.200. The number of hydrogen-bond donors (Lipinski definition) is 1. The Kier molecular flexibility index (Phi) is 4.47. The summed E-state index contributed by atoms with van der Waals surface area (Å²) in [6.45, 7) is 3.90. The summed E-state index contributed by atoms with van der Waals surface area (Å²) in [4.78, 5) is 6.76. The first-order chi connectivity index (χ1) is 9.20. The predicted octanol–water partition coefficient (Wildman–Crippen LogP) is 2.74. The maximum Gasteiger partial charge on any atom is 0.122 e. The highest BCUT2D eigenvalue weighted by atomic mass is 32.1. The topological polar surface area (TPSA) is 42.2 Å². The van der Waals surface area contributed by atoms with Crippen LogP contribution in [0.2, 0.25) is 0 Å². The number of anilines is 1. The van der Waals surface area contributed by atoms with Crippen molar-refractivity contribution >= 4 is 22.9 Å². The van der Waals surface area contributed by atoms with Gasteiger partial charge in [-0.3, -0.25) is 4.98 Å². The molecule has 98 valence electrons. The molecule has 4 heteroatoms. The summed E-state index contributed by atoms with van der Waals surface area (Å²) in [6.07, 6.45) is 1.75. The van der Waals surface area contributed by atoms with E-state index in [9.17, 15) is 0 Å². The molecule has 2 aromatic rings. The van der Waals surface area contributed by atoms with E-state index in [0.717, 1.165) is 18.8 Å². The Bertz CT molecular complexity index is 554. The molecule has 2 rings (SSSR count). The van der Waals surface area contributed by atoms with Gasteiger partial charge in [0.25, 0.3) is 0 Å². The first-order valence-electron chi connectivity index (χ1n) is 6.25. The third kappa shape index (κ3) is 3.51. The number of benzene rings is 1. The predicted molar refractivity (Wildman–Crippen MR) is 83.3 cm³/mol. The largest absolute Gasteiger partial charge is 0.388 e. The van der Waals surface area contributed by atoms with E-state index in [0.29, 0.717) is 10.7 Å². The Labute approximate surface area is 119 Å². The van der Waals surface area contributed by atoms with Crippen LogP contribution in [-0.2, 0) is 6.54 Å². The maximum absolute atomic E-state index is 5.63. The van der Waals surface area contributed by atoms with Gasteiger partial charge in [-0.15, -0.1) is 0 Å². The molecular weight excluding hydrogens is 254 g/mol. The van der Waals surface area contributed by atoms with Crippen LogP contribution >= 0.6 is 12.2 Å². The second-order valence-corrected chi connectivity index (χ2v) is 4.70. The van der Waals surface area contributed by atoms with Gasteiger partial charge in [0.1, 0.15) is 4.99 Å². The Balaban J connectivity index is 2.22. The van der Waals surface area contributed by atoms with Crippen molar-refractivity contribution in [3.63, 3.8) is 0 Å². The molecule has 0 bridgehead atoms. The first-order valence-corrected chi connectivity index (χ1v) is 6.66. The van der Waals surface area contributed by atoms with Gasteiger partial charge in [0.2, 0.25) is 0 Å². The van der Waals surface area contributed by atoms with E-state index < -0.39 is 0 Å². The Morgan fingerprint density at radius 1 is 1.26 bits per heavy atom. The van der Waals surface area contributed by atoms with Crippen LogP contribution in [0.3, 0.4) is 0 Å². The lowest BCUT2D eigenvalue weighted by Gasteiger charge is -2.23. The lowest BCUT2D eigenvalue weighted by Crippen LogP contribution is -2.23. The smallest absolute Gasteiger partial charge is 0.122 e. The third-order valence-electron chi connectivity index (χ3n) is 2.96. The fourth-order valence-electron chi connectivity index (χ4n) is 1.94. The SMILES string of the molecule is CCN(Cc1ccccc1)c1ccnc(C(N)=S)c1. The molecule has 0 fully saturated rings. The van der Waals surface area contributed by atoms with Crippen LogP contribution in [0.4, 0.5) is 5.69 Å². The molecule has 0 saturated carbocycles. The Morgan fingerprint density at radius 2 is 2.00 bits per heavy atom. The van der Waals surface area contributed by atoms with E-state index in [2.05, 4.69) is 41.1 Å². The molecule has 0 radical (unpaired) electrons. The highest BCUT2D eigenvalue weighted by molar-refractivity contribution is 7.80. The van der Waals surface area contributed by atoms with Crippen molar-refractivity contribution in [2.24, 2.45) is 5.73 Å². The fourth-order valence-corrected chi connectivity index (χ4v) is 2.05. The summed E-state index contributed by atoms with van der Waals surface area (Å²) >= 11 is 4.97. The van der Waals surface area contributed by atoms with Gasteiger partial charge in [-0.2, -0.15) is 0 Å². The van der Waals surface area contributed by atoms with Crippen molar-refractivity contribution in [2.45, 2.75) is 13.5 Å². The molecular formula is C15H17N3S. The van der Waals surface area contributed by atoms with Gasteiger partial charge in [0.15, 0.2) is 0 Å². The summed E-state index contributed by atoms with van der Waals surface area (Å²) in [5.74, 6) is 0. The highest BCUT2D eigenvalue weighted by Gasteiger charge is 2.07. The monoisotopic (exact) mass is 271 g/mol. The number of nitrogens with zero attached hydrogens (tertiary/aromatic N) is 2. The van der Waals surface area contributed by atoms with Crippen LogP contribution in [0.15, 0.2) is 48.7 Å². The summed E-state index contributed by atoms with van der Waals surface area (Å²) in [5.41, 5.74) is 8.66. The van der Waals surface area contributed by atoms with Crippen LogP contribution < -0.4 is 10.6 Å². The lowest BCUT2D eigenvalue weighted by atomic mass is 10.2. The van der Waals surface area contributed by atoms with Crippen LogP contribution in [0.5, 0.6) is 0 Å². The molecule has 3 nitrogen and oxygen atoms in total. The molecule has 0 atom stereocenters. The second-order valence-electron chi connectivity index (χ2n) is 4.26. The van der Waals surface area contributed by atoms with Gasteiger partial charge in [0.05, 0.1) is 5.69 Å². The molecule has 0 amide bonds. The second kappa shape index (κ2) is 6.29. The van der Waals surface area contributed by atoms with Crippen LogP contribution in [-0.4, -0.2) is 16.5 Å². The number of thiocarbonyl (C=S) groups is 1. The van der Waals surface area contributed by atoms with Crippen molar-refractivity contribution in [3.8, 4) is 0 Å². The van der Waals surface area contributed by atoms with Crippen LogP contribution in [0.25, 0.3) is 0 Å². The summed E-state index contributed by atoms with van der Waals surface area (Å²) in [6, 6.07) is 14.3. The summed E-state index contributed by atoms with van der Waals surface area (Å²) in [5, 5.41) is 0. The van der Waals surface area contributed by atoms with Gasteiger partial charge >= 0.3 is 0 Å². The summed E-state index contributed by atoms with van der Waals surface area (Å²) in [7, 11) is 0. The maximum atomic E-state index is 5.63. The Morgan fingerprint density at radius 3 is 2.63 bits per heavy atom. The van der Waals surface area contributed by atoms with Gasteiger partial charge in [-0.25, -0.2) is 0 Å². The van der Waals surface area contributed by atoms with Gasteiger partial charge in [-0.1, -0.05) is 42.5 Å². The van der Waals surface area contributed by atoms with Crippen molar-refractivity contribution in [3.05, 3.63) is 59.9 Å². The normalized spacial score (nSPS) is 10.2. The number of rotatable bonds is 5. The number of aromatic nitrogens is 1. The molecule has 1 heterocycles. The summed E-state index contributed by atoms with van der Waals surface area (Å²) < 4.78 is 0. The molecule has 0 aliphatic carbocycles. The van der Waals surface area contributed by atoms with Gasteiger partial charge in [-0.05, 0) is 24.6 Å². The van der Waals surface area contributed by atoms with E-state index in [1.165, 1.54) is 5.56 Å². The first kappa shape index (κ1) is 13.5. The molecule has 2 N–H and O–H groups in total. The lowest BCUT2D eigenvalue weighted by molar-refractivity contribution is 0.830. The Hall–Kier alpha value is -1.94. The van der Waals surface area contributed by atoms with E-state index in [1.807, 2.05) is 18.2 Å². The minimum Gasteiger partial charge on any atom is -0.388 e. The molecule has 0 unspecified atom stereocenters. The average molecular weight is 271 g/mol. The van der Waals surface area contributed by atoms with Gasteiger partial charge < -0.3 is 10.6 Å². The molecule has 1 aromatic carbocycles. The van der Waals surface area contributed by atoms with Crippen LogP contribution in [0, 0.1) is 0 Å². The van der Waals surface area contributed by atoms with E-state index in [4.69, 9.17) is 18.0 Å². The molecule has 19 heavy (non-hydrogen) atoms. The third-order valence-corrected chi connectivity index (χ3v) is 3.17. The van der Waals surface area contributed by atoms with Crippen molar-refractivity contribution in [1.82, 2.24) is 4.98 Å². The van der Waals surface area contributed by atoms with Crippen molar-refractivity contribution in [2.75, 3.05) is 11.4 Å². The molecule has 0 aliphatic rings. The average Bonchev–Trinajstić information content (AvgIpc) is 2.46. The van der Waals surface area contributed by atoms with Crippen LogP contribution in [0.1, 0.15) is 18.2 Å². The minimum absolute atomic E-state index is 0.331. The number of pyridine rings is 1. The minimum atomic E-state index is 0.331. The standard InChI is InChI=1S/C15H17N3S/c1-2-18(11-12-6-4-3-5-7-12)13-8-9-17-14(10-13)15(16)19/h3-10H,2,11H2,1H3,(H2,16,19). The van der Waals surface area contributed by atoms with Crippen molar-refractivity contribution < 1.29 is 0 Å². The van der Waals surface area contributed by atoms with Crippen molar-refractivity contribution in [1.29, 1.82) is 0 Å². The molecule has 0 saturated heterocycles. The molecule has 0 aliphatic heterocycles. The van der Waals surface area contributed by atoms with E-state index in [-0.39, 0.29) is 0 Å². The zero-order valence-electron chi connectivity index (χ0n) is 10.9. The van der Waals surface area contributed by atoms with Gasteiger partial charge in [0, 0.05) is 25.0 Å². The number of hydrogen-bond acceptors (Lipinski definition) is 3. The molecule has 0 spiro atoms. The zero-order valence-corrected chi connectivity index (χ0v) is 11.7. The molecule has 1 aromatic heterocycles.